The number of anilines is 2. The van der Waals surface area contributed by atoms with Crippen LogP contribution in [0.25, 0.3) is 0 Å². The second-order valence-corrected chi connectivity index (χ2v) is 6.03. The number of nitrogens with zero attached hydrogens (tertiary/aromatic N) is 5. The van der Waals surface area contributed by atoms with Gasteiger partial charge in [0.2, 0.25) is 5.95 Å². The molecule has 0 spiro atoms. The number of rotatable bonds is 3. The first-order valence-corrected chi connectivity index (χ1v) is 8.05. The minimum absolute atomic E-state index is 0.252. The van der Waals surface area contributed by atoms with Gasteiger partial charge < -0.3 is 15.1 Å². The highest BCUT2D eigenvalue weighted by atomic mass is 16.1. The third kappa shape index (κ3) is 3.51. The molecule has 2 aromatic rings. The van der Waals surface area contributed by atoms with Gasteiger partial charge in [-0.05, 0) is 33.0 Å². The van der Waals surface area contributed by atoms with E-state index in [1.54, 1.807) is 24.4 Å². The van der Waals surface area contributed by atoms with Crippen LogP contribution in [0.3, 0.4) is 0 Å². The zero-order valence-electron chi connectivity index (χ0n) is 14.3. The first-order chi connectivity index (χ1) is 11.5. The van der Waals surface area contributed by atoms with Crippen molar-refractivity contribution in [2.24, 2.45) is 0 Å². The Labute approximate surface area is 141 Å². The van der Waals surface area contributed by atoms with Gasteiger partial charge in [0.1, 0.15) is 5.69 Å². The average molecular weight is 326 g/mol. The van der Waals surface area contributed by atoms with Gasteiger partial charge in [0.05, 0.1) is 17.1 Å². The van der Waals surface area contributed by atoms with Crippen LogP contribution in [0.5, 0.6) is 0 Å². The highest BCUT2D eigenvalue weighted by Crippen LogP contribution is 2.21. The lowest BCUT2D eigenvalue weighted by Crippen LogP contribution is -2.45. The molecule has 1 aliphatic heterocycles. The van der Waals surface area contributed by atoms with E-state index in [4.69, 9.17) is 0 Å². The van der Waals surface area contributed by atoms with Crippen LogP contribution in [-0.4, -0.2) is 59.0 Å². The van der Waals surface area contributed by atoms with Crippen LogP contribution in [0.15, 0.2) is 24.4 Å². The Morgan fingerprint density at radius 2 is 1.75 bits per heavy atom. The first kappa shape index (κ1) is 16.3. The van der Waals surface area contributed by atoms with E-state index in [2.05, 4.69) is 37.1 Å². The van der Waals surface area contributed by atoms with Crippen molar-refractivity contribution in [3.8, 4) is 0 Å². The molecular weight excluding hydrogens is 304 g/mol. The number of pyridine rings is 1. The summed E-state index contributed by atoms with van der Waals surface area (Å²) in [6.45, 7) is 7.61. The fourth-order valence-corrected chi connectivity index (χ4v) is 2.70. The monoisotopic (exact) mass is 326 g/mol. The summed E-state index contributed by atoms with van der Waals surface area (Å²) in [5.74, 6) is 0.478. The van der Waals surface area contributed by atoms with Crippen molar-refractivity contribution >= 4 is 17.5 Å². The summed E-state index contributed by atoms with van der Waals surface area (Å²) in [6.07, 6.45) is 1.60. The molecule has 7 nitrogen and oxygen atoms in total. The van der Waals surface area contributed by atoms with Crippen LogP contribution in [0.1, 0.15) is 21.9 Å². The van der Waals surface area contributed by atoms with Gasteiger partial charge in [0.15, 0.2) is 0 Å². The van der Waals surface area contributed by atoms with Crippen molar-refractivity contribution in [1.82, 2.24) is 19.9 Å². The summed E-state index contributed by atoms with van der Waals surface area (Å²) < 4.78 is 0. The molecule has 0 aromatic carbocycles. The Morgan fingerprint density at radius 3 is 2.33 bits per heavy atom. The summed E-state index contributed by atoms with van der Waals surface area (Å²) in [6, 6.07) is 5.25. The standard InChI is InChI=1S/C17H22N6O/c1-12-15(21-16(24)14-6-4-5-7-18-14)13(2)20-17(19-12)23-10-8-22(3)9-11-23/h4-7H,8-11H2,1-3H3,(H,21,24). The summed E-state index contributed by atoms with van der Waals surface area (Å²) >= 11 is 0. The van der Waals surface area contributed by atoms with Crippen LogP contribution < -0.4 is 10.2 Å². The van der Waals surface area contributed by atoms with Crippen LogP contribution >= 0.6 is 0 Å². The van der Waals surface area contributed by atoms with E-state index >= 15 is 0 Å². The lowest BCUT2D eigenvalue weighted by Gasteiger charge is -2.32. The third-order valence-corrected chi connectivity index (χ3v) is 4.18. The number of carbonyl (C=O) groups excluding carboxylic acids is 1. The maximum atomic E-state index is 12.3. The minimum atomic E-state index is -0.252. The number of likely N-dealkylation sites (N-methyl/N-ethyl adjacent to an activating group) is 1. The van der Waals surface area contributed by atoms with Gasteiger partial charge in [-0.15, -0.1) is 0 Å². The molecule has 1 saturated heterocycles. The number of carbonyl (C=O) groups is 1. The van der Waals surface area contributed by atoms with E-state index in [0.29, 0.717) is 11.4 Å². The highest BCUT2D eigenvalue weighted by molar-refractivity contribution is 6.03. The lowest BCUT2D eigenvalue weighted by atomic mass is 10.2. The SMILES string of the molecule is Cc1nc(N2CCN(C)CC2)nc(C)c1NC(=O)c1ccccn1. The van der Waals surface area contributed by atoms with E-state index in [0.717, 1.165) is 43.5 Å². The minimum Gasteiger partial charge on any atom is -0.338 e. The van der Waals surface area contributed by atoms with Crippen molar-refractivity contribution < 1.29 is 4.79 Å². The van der Waals surface area contributed by atoms with E-state index in [1.807, 2.05) is 13.8 Å². The third-order valence-electron chi connectivity index (χ3n) is 4.18. The predicted molar refractivity (Wildman–Crippen MR) is 93.4 cm³/mol. The van der Waals surface area contributed by atoms with E-state index in [9.17, 15) is 4.79 Å². The molecule has 0 saturated carbocycles. The van der Waals surface area contributed by atoms with Crippen molar-refractivity contribution in [3.05, 3.63) is 41.5 Å². The van der Waals surface area contributed by atoms with Crippen LogP contribution in [0.2, 0.25) is 0 Å². The molecule has 7 heteroatoms. The van der Waals surface area contributed by atoms with Crippen molar-refractivity contribution in [2.45, 2.75) is 13.8 Å². The molecule has 1 fully saturated rings. The van der Waals surface area contributed by atoms with Crippen LogP contribution in [0, 0.1) is 13.8 Å². The maximum Gasteiger partial charge on any atom is 0.274 e. The summed E-state index contributed by atoms with van der Waals surface area (Å²) in [5.41, 5.74) is 2.56. The van der Waals surface area contributed by atoms with Gasteiger partial charge in [0.25, 0.3) is 5.91 Å². The average Bonchev–Trinajstić information content (AvgIpc) is 2.59. The number of aryl methyl sites for hydroxylation is 2. The van der Waals surface area contributed by atoms with Gasteiger partial charge >= 0.3 is 0 Å². The number of amides is 1. The van der Waals surface area contributed by atoms with Crippen molar-refractivity contribution in [2.75, 3.05) is 43.4 Å². The van der Waals surface area contributed by atoms with Gasteiger partial charge in [-0.2, -0.15) is 0 Å². The molecular formula is C17H22N6O. The quantitative estimate of drug-likeness (QED) is 0.921. The fraction of sp³-hybridized carbons (Fsp3) is 0.412. The highest BCUT2D eigenvalue weighted by Gasteiger charge is 2.19. The molecule has 3 rings (SSSR count). The fourth-order valence-electron chi connectivity index (χ4n) is 2.70. The van der Waals surface area contributed by atoms with E-state index in [-0.39, 0.29) is 5.91 Å². The predicted octanol–water partition coefficient (Wildman–Crippen LogP) is 1.49. The smallest absolute Gasteiger partial charge is 0.274 e. The molecule has 0 atom stereocenters. The van der Waals surface area contributed by atoms with E-state index < -0.39 is 0 Å². The first-order valence-electron chi connectivity index (χ1n) is 8.05. The number of hydrogen-bond donors (Lipinski definition) is 1. The van der Waals surface area contributed by atoms with Crippen LogP contribution in [0.4, 0.5) is 11.6 Å². The Kier molecular flexibility index (Phi) is 4.71. The molecule has 0 radical (unpaired) electrons. The molecule has 1 N–H and O–H groups in total. The summed E-state index contributed by atoms with van der Waals surface area (Å²) in [4.78, 5) is 30.0. The second-order valence-electron chi connectivity index (χ2n) is 6.03. The molecule has 0 aliphatic carbocycles. The molecule has 126 valence electrons. The maximum absolute atomic E-state index is 12.3. The number of nitrogens with one attached hydrogen (secondary N) is 1. The Morgan fingerprint density at radius 1 is 1.08 bits per heavy atom. The van der Waals surface area contributed by atoms with Gasteiger partial charge in [0, 0.05) is 32.4 Å². The number of piperazine rings is 1. The zero-order valence-corrected chi connectivity index (χ0v) is 14.3. The molecule has 1 aliphatic rings. The second kappa shape index (κ2) is 6.92. The largest absolute Gasteiger partial charge is 0.338 e. The molecule has 24 heavy (non-hydrogen) atoms. The molecule has 2 aromatic heterocycles. The molecule has 0 bridgehead atoms. The Balaban J connectivity index is 1.79. The van der Waals surface area contributed by atoms with Crippen LogP contribution in [-0.2, 0) is 0 Å². The van der Waals surface area contributed by atoms with E-state index in [1.165, 1.54) is 0 Å². The topological polar surface area (TPSA) is 74.2 Å². The zero-order chi connectivity index (χ0) is 17.1. The van der Waals surface area contributed by atoms with Gasteiger partial charge in [-0.3, -0.25) is 9.78 Å². The Bertz CT molecular complexity index is 702. The van der Waals surface area contributed by atoms with Gasteiger partial charge in [-0.1, -0.05) is 6.07 Å². The van der Waals surface area contributed by atoms with Crippen molar-refractivity contribution in [1.29, 1.82) is 0 Å². The molecule has 1 amide bonds. The summed E-state index contributed by atoms with van der Waals surface area (Å²) in [7, 11) is 2.12. The van der Waals surface area contributed by atoms with Gasteiger partial charge in [-0.25, -0.2) is 9.97 Å². The Hall–Kier alpha value is -2.54. The molecule has 0 unspecified atom stereocenters. The number of hydrogen-bond acceptors (Lipinski definition) is 6. The summed E-state index contributed by atoms with van der Waals surface area (Å²) in [5, 5.41) is 2.88. The lowest BCUT2D eigenvalue weighted by molar-refractivity contribution is 0.102. The molecule has 3 heterocycles. The number of aromatic nitrogens is 3. The van der Waals surface area contributed by atoms with Crippen molar-refractivity contribution in [3.63, 3.8) is 0 Å². The normalized spacial score (nSPS) is 15.4.